The van der Waals surface area contributed by atoms with Crippen molar-refractivity contribution >= 4 is 39.9 Å². The molecule has 0 spiro atoms. The van der Waals surface area contributed by atoms with Crippen molar-refractivity contribution in [2.24, 2.45) is 5.92 Å². The van der Waals surface area contributed by atoms with Gasteiger partial charge in [-0.05, 0) is 62.1 Å². The number of ether oxygens (including phenoxy) is 4. The highest BCUT2D eigenvalue weighted by molar-refractivity contribution is 7.17. The van der Waals surface area contributed by atoms with Gasteiger partial charge in [-0.25, -0.2) is 9.78 Å². The molecule has 3 aromatic rings. The minimum Gasteiger partial charge on any atom is -0.507 e. The van der Waals surface area contributed by atoms with Gasteiger partial charge in [0, 0.05) is 5.56 Å². The first-order valence-corrected chi connectivity index (χ1v) is 14.6. The Morgan fingerprint density at radius 1 is 1.14 bits per heavy atom. The van der Waals surface area contributed by atoms with Gasteiger partial charge in [0.15, 0.2) is 16.6 Å². The number of benzene rings is 2. The second-order valence-corrected chi connectivity index (χ2v) is 11.2. The lowest BCUT2D eigenvalue weighted by molar-refractivity contribution is -0.132. The average molecular weight is 593 g/mol. The standard InChI is InChI=1S/C31H32N2O8S/c1-5-38-30(37)28-18(4)32-31(42-28)33-25(19-7-6-8-21(15-19)39-12-11-17(2)3)24(27(35)29(33)36)26(34)20-9-10-22-23(16-20)41-14-13-40-22/h6-10,15-17,25,34H,5,11-14H2,1-4H3/b26-24-. The van der Waals surface area contributed by atoms with E-state index in [9.17, 15) is 19.5 Å². The largest absolute Gasteiger partial charge is 0.507 e. The van der Waals surface area contributed by atoms with Crippen LogP contribution < -0.4 is 19.1 Å². The predicted molar refractivity (Wildman–Crippen MR) is 156 cm³/mol. The number of rotatable bonds is 9. The van der Waals surface area contributed by atoms with Crippen molar-refractivity contribution < 1.29 is 38.4 Å². The first-order valence-electron chi connectivity index (χ1n) is 13.8. The minimum absolute atomic E-state index is 0.124. The van der Waals surface area contributed by atoms with Gasteiger partial charge < -0.3 is 24.1 Å². The third-order valence-electron chi connectivity index (χ3n) is 6.85. The summed E-state index contributed by atoms with van der Waals surface area (Å²) in [5, 5.41) is 11.7. The molecule has 1 aromatic heterocycles. The van der Waals surface area contributed by atoms with Crippen LogP contribution in [0.25, 0.3) is 5.76 Å². The summed E-state index contributed by atoms with van der Waals surface area (Å²) in [5.74, 6) is -0.754. The molecule has 11 heteroatoms. The van der Waals surface area contributed by atoms with Crippen molar-refractivity contribution in [1.29, 1.82) is 0 Å². The molecule has 0 bridgehead atoms. The third-order valence-corrected chi connectivity index (χ3v) is 7.99. The number of aliphatic hydroxyl groups is 1. The van der Waals surface area contributed by atoms with Crippen molar-refractivity contribution in [2.45, 2.75) is 40.2 Å². The number of carbonyl (C=O) groups excluding carboxylic acids is 3. The molecule has 2 aliphatic rings. The van der Waals surface area contributed by atoms with Gasteiger partial charge in [0.25, 0.3) is 5.78 Å². The van der Waals surface area contributed by atoms with E-state index in [1.165, 1.54) is 4.90 Å². The van der Waals surface area contributed by atoms with E-state index >= 15 is 0 Å². The summed E-state index contributed by atoms with van der Waals surface area (Å²) in [6.07, 6.45) is 0.849. The highest BCUT2D eigenvalue weighted by Crippen LogP contribution is 2.45. The molecule has 0 saturated carbocycles. The van der Waals surface area contributed by atoms with Gasteiger partial charge in [0.2, 0.25) is 0 Å². The number of Topliss-reactive ketones (excluding diaryl/α,β-unsaturated/α-hetero) is 1. The van der Waals surface area contributed by atoms with Gasteiger partial charge in [0.1, 0.15) is 29.6 Å². The van der Waals surface area contributed by atoms with Crippen molar-refractivity contribution in [2.75, 3.05) is 31.3 Å². The van der Waals surface area contributed by atoms with Crippen LogP contribution in [-0.2, 0) is 14.3 Å². The lowest BCUT2D eigenvalue weighted by Gasteiger charge is -2.24. The van der Waals surface area contributed by atoms with E-state index < -0.39 is 23.7 Å². The van der Waals surface area contributed by atoms with Gasteiger partial charge in [-0.15, -0.1) is 0 Å². The highest BCUT2D eigenvalue weighted by atomic mass is 32.1. The number of carbonyl (C=O) groups is 3. The third kappa shape index (κ3) is 5.69. The van der Waals surface area contributed by atoms with Crippen LogP contribution in [0.5, 0.6) is 17.2 Å². The lowest BCUT2D eigenvalue weighted by atomic mass is 9.95. The van der Waals surface area contributed by atoms with E-state index in [4.69, 9.17) is 18.9 Å². The van der Waals surface area contributed by atoms with Gasteiger partial charge >= 0.3 is 11.9 Å². The molecule has 220 valence electrons. The van der Waals surface area contributed by atoms with Crippen LogP contribution in [-0.4, -0.2) is 54.2 Å². The second-order valence-electron chi connectivity index (χ2n) is 10.3. The molecule has 1 amide bonds. The van der Waals surface area contributed by atoms with Crippen molar-refractivity contribution in [3.8, 4) is 17.2 Å². The first kappa shape index (κ1) is 29.1. The van der Waals surface area contributed by atoms with Crippen LogP contribution in [0.1, 0.15) is 59.7 Å². The summed E-state index contributed by atoms with van der Waals surface area (Å²) in [5.41, 5.74) is 1.06. The van der Waals surface area contributed by atoms with Crippen LogP contribution >= 0.6 is 11.3 Å². The number of aliphatic hydroxyl groups excluding tert-OH is 1. The van der Waals surface area contributed by atoms with E-state index in [2.05, 4.69) is 18.8 Å². The molecule has 0 aliphatic carbocycles. The Bertz CT molecular complexity index is 1560. The van der Waals surface area contributed by atoms with Crippen molar-refractivity contribution in [3.05, 3.63) is 69.7 Å². The smallest absolute Gasteiger partial charge is 0.350 e. The zero-order chi connectivity index (χ0) is 30.0. The highest BCUT2D eigenvalue weighted by Gasteiger charge is 2.48. The Labute approximate surface area is 247 Å². The number of amides is 1. The Morgan fingerprint density at radius 2 is 1.90 bits per heavy atom. The molecule has 10 nitrogen and oxygen atoms in total. The molecular formula is C31H32N2O8S. The summed E-state index contributed by atoms with van der Waals surface area (Å²) in [6.45, 7) is 8.95. The lowest BCUT2D eigenvalue weighted by Crippen LogP contribution is -2.29. The fourth-order valence-electron chi connectivity index (χ4n) is 4.75. The SMILES string of the molecule is CCOC(=O)c1sc(N2C(=O)C(=O)/C(=C(\O)c3ccc4c(c3)OCCO4)C2c2cccc(OCCC(C)C)c2)nc1C. The molecule has 1 N–H and O–H groups in total. The van der Waals surface area contributed by atoms with Crippen LogP contribution in [0, 0.1) is 12.8 Å². The monoisotopic (exact) mass is 592 g/mol. The van der Waals surface area contributed by atoms with E-state index in [1.54, 1.807) is 56.3 Å². The number of anilines is 1. The van der Waals surface area contributed by atoms with Crippen LogP contribution in [0.4, 0.5) is 5.13 Å². The summed E-state index contributed by atoms with van der Waals surface area (Å²) in [6, 6.07) is 10.8. The van der Waals surface area contributed by atoms with Crippen LogP contribution in [0.2, 0.25) is 0 Å². The maximum absolute atomic E-state index is 13.6. The summed E-state index contributed by atoms with van der Waals surface area (Å²) < 4.78 is 22.4. The van der Waals surface area contributed by atoms with Gasteiger partial charge in [-0.1, -0.05) is 37.3 Å². The molecular weight excluding hydrogens is 560 g/mol. The molecule has 1 saturated heterocycles. The number of nitrogens with zero attached hydrogens (tertiary/aromatic N) is 2. The Kier molecular flexibility index (Phi) is 8.49. The van der Waals surface area contributed by atoms with E-state index in [-0.39, 0.29) is 33.5 Å². The fraction of sp³-hybridized carbons (Fsp3) is 0.355. The molecule has 2 aromatic carbocycles. The number of aryl methyl sites for hydroxylation is 1. The normalized spacial score (nSPS) is 17.5. The number of fused-ring (bicyclic) bond motifs is 1. The van der Waals surface area contributed by atoms with Gasteiger partial charge in [-0.2, -0.15) is 0 Å². The van der Waals surface area contributed by atoms with Crippen LogP contribution in [0.3, 0.4) is 0 Å². The molecule has 3 heterocycles. The predicted octanol–water partition coefficient (Wildman–Crippen LogP) is 5.45. The number of hydrogen-bond donors (Lipinski definition) is 1. The molecule has 42 heavy (non-hydrogen) atoms. The topological polar surface area (TPSA) is 124 Å². The second kappa shape index (κ2) is 12.2. The minimum atomic E-state index is -1.05. The first-order chi connectivity index (χ1) is 20.2. The van der Waals surface area contributed by atoms with E-state index in [0.717, 1.165) is 17.8 Å². The summed E-state index contributed by atoms with van der Waals surface area (Å²) in [7, 11) is 0. The Hall–Kier alpha value is -4.38. The fourth-order valence-corrected chi connectivity index (χ4v) is 5.74. The quantitative estimate of drug-likeness (QED) is 0.149. The van der Waals surface area contributed by atoms with E-state index in [0.29, 0.717) is 54.2 Å². The van der Waals surface area contributed by atoms with Crippen molar-refractivity contribution in [3.63, 3.8) is 0 Å². The van der Waals surface area contributed by atoms with Gasteiger partial charge in [0.05, 0.1) is 30.5 Å². The maximum atomic E-state index is 13.6. The number of ketones is 1. The molecule has 5 rings (SSSR count). The number of esters is 1. The van der Waals surface area contributed by atoms with Crippen LogP contribution in [0.15, 0.2) is 48.0 Å². The average Bonchev–Trinajstić information content (AvgIpc) is 3.48. The van der Waals surface area contributed by atoms with E-state index in [1.807, 2.05) is 0 Å². The molecule has 2 aliphatic heterocycles. The zero-order valence-corrected chi connectivity index (χ0v) is 24.7. The molecule has 0 radical (unpaired) electrons. The molecule has 1 atom stereocenters. The number of thiazole rings is 1. The molecule has 1 unspecified atom stereocenters. The summed E-state index contributed by atoms with van der Waals surface area (Å²) >= 11 is 0.954. The van der Waals surface area contributed by atoms with Crippen molar-refractivity contribution in [1.82, 2.24) is 4.98 Å². The number of hydrogen-bond acceptors (Lipinski definition) is 10. The van der Waals surface area contributed by atoms with Gasteiger partial charge in [-0.3, -0.25) is 14.5 Å². The molecule has 1 fully saturated rings. The maximum Gasteiger partial charge on any atom is 0.350 e. The zero-order valence-electron chi connectivity index (χ0n) is 23.8. The number of aromatic nitrogens is 1. The summed E-state index contributed by atoms with van der Waals surface area (Å²) in [4.78, 5) is 45.7. The Morgan fingerprint density at radius 3 is 2.64 bits per heavy atom. The Balaban J connectivity index is 1.63.